The Kier molecular flexibility index (Phi) is 4.83. The maximum absolute atomic E-state index is 12.2. The lowest BCUT2D eigenvalue weighted by Crippen LogP contribution is -2.13. The number of halogens is 2. The molecule has 0 spiro atoms. The van der Waals surface area contributed by atoms with Crippen molar-refractivity contribution in [3.8, 4) is 11.5 Å². The van der Waals surface area contributed by atoms with Gasteiger partial charge in [0.25, 0.3) is 11.8 Å². The molecule has 2 aromatic heterocycles. The quantitative estimate of drug-likeness (QED) is 0.692. The number of thiophene rings is 1. The first kappa shape index (κ1) is 17.9. The van der Waals surface area contributed by atoms with E-state index in [0.29, 0.717) is 14.2 Å². The first-order chi connectivity index (χ1) is 11.7. The largest absolute Gasteiger partial charge is 0.403 e. The molecule has 0 saturated carbocycles. The van der Waals surface area contributed by atoms with Crippen LogP contribution >= 0.6 is 34.5 Å². The minimum absolute atomic E-state index is 0.0334. The van der Waals surface area contributed by atoms with Crippen molar-refractivity contribution in [1.82, 2.24) is 10.2 Å². The summed E-state index contributed by atoms with van der Waals surface area (Å²) in [5, 5.41) is 9.92. The predicted molar refractivity (Wildman–Crippen MR) is 95.1 cm³/mol. The number of amides is 1. The Morgan fingerprint density at radius 3 is 2.64 bits per heavy atom. The van der Waals surface area contributed by atoms with Gasteiger partial charge in [0.05, 0.1) is 14.8 Å². The van der Waals surface area contributed by atoms with Crippen LogP contribution in [0.25, 0.3) is 11.5 Å². The van der Waals surface area contributed by atoms with Crippen molar-refractivity contribution >= 4 is 56.3 Å². The highest BCUT2D eigenvalue weighted by Crippen LogP contribution is 2.37. The van der Waals surface area contributed by atoms with Gasteiger partial charge < -0.3 is 4.42 Å². The number of aromatic nitrogens is 2. The number of hydrogen-bond donors (Lipinski definition) is 1. The van der Waals surface area contributed by atoms with E-state index in [0.717, 1.165) is 17.6 Å². The molecular weight excluding hydrogens is 409 g/mol. The van der Waals surface area contributed by atoms with E-state index in [-0.39, 0.29) is 22.4 Å². The molecule has 0 bridgehead atoms. The fraction of sp³-hybridized carbons (Fsp3) is 0.0714. The summed E-state index contributed by atoms with van der Waals surface area (Å²) in [6.45, 7) is 0. The van der Waals surface area contributed by atoms with Crippen LogP contribution in [0, 0.1) is 0 Å². The number of hydrogen-bond acceptors (Lipinski definition) is 7. The van der Waals surface area contributed by atoms with E-state index < -0.39 is 15.7 Å². The number of benzene rings is 1. The van der Waals surface area contributed by atoms with Crippen LogP contribution in [-0.4, -0.2) is 30.8 Å². The smallest absolute Gasteiger partial charge is 0.322 e. The number of carbonyl (C=O) groups excluding carboxylic acids is 1. The van der Waals surface area contributed by atoms with E-state index in [1.165, 1.54) is 24.3 Å². The molecule has 0 radical (unpaired) electrons. The number of sulfone groups is 1. The minimum atomic E-state index is -3.42. The van der Waals surface area contributed by atoms with E-state index in [9.17, 15) is 13.2 Å². The predicted octanol–water partition coefficient (Wildman–Crippen LogP) is 3.76. The molecule has 0 fully saturated rings. The molecule has 0 unspecified atom stereocenters. The molecule has 0 aliphatic carbocycles. The second kappa shape index (κ2) is 6.75. The molecule has 0 aliphatic rings. The zero-order chi connectivity index (χ0) is 18.2. The zero-order valence-corrected chi connectivity index (χ0v) is 15.6. The van der Waals surface area contributed by atoms with Crippen LogP contribution in [-0.2, 0) is 9.84 Å². The molecule has 0 aliphatic heterocycles. The van der Waals surface area contributed by atoms with E-state index in [1.54, 1.807) is 6.07 Å². The number of nitrogens with zero attached hydrogens (tertiary/aromatic N) is 2. The maximum atomic E-state index is 12.2. The number of carbonyl (C=O) groups is 1. The van der Waals surface area contributed by atoms with Crippen molar-refractivity contribution in [3.63, 3.8) is 0 Å². The van der Waals surface area contributed by atoms with Gasteiger partial charge in [0.2, 0.25) is 0 Å². The van der Waals surface area contributed by atoms with Crippen molar-refractivity contribution in [2.75, 3.05) is 11.6 Å². The Labute approximate surface area is 156 Å². The van der Waals surface area contributed by atoms with E-state index in [1.807, 2.05) is 0 Å². The summed E-state index contributed by atoms with van der Waals surface area (Å²) in [4.78, 5) is 12.3. The highest BCUT2D eigenvalue weighted by atomic mass is 35.5. The van der Waals surface area contributed by atoms with Gasteiger partial charge in [-0.2, -0.15) is 0 Å². The van der Waals surface area contributed by atoms with E-state index in [2.05, 4.69) is 15.5 Å². The molecule has 3 aromatic rings. The summed E-state index contributed by atoms with van der Waals surface area (Å²) in [6, 6.07) is 7.03. The monoisotopic (exact) mass is 417 g/mol. The first-order valence-electron chi connectivity index (χ1n) is 6.64. The van der Waals surface area contributed by atoms with Gasteiger partial charge in [-0.25, -0.2) is 8.42 Å². The summed E-state index contributed by atoms with van der Waals surface area (Å²) in [5.74, 6) is -0.483. The fourth-order valence-electron chi connectivity index (χ4n) is 1.91. The fourth-order valence-corrected chi connectivity index (χ4v) is 4.02. The van der Waals surface area contributed by atoms with Gasteiger partial charge in [-0.1, -0.05) is 34.4 Å². The highest BCUT2D eigenvalue weighted by molar-refractivity contribution is 7.90. The maximum Gasteiger partial charge on any atom is 0.322 e. The molecule has 25 heavy (non-hydrogen) atoms. The summed E-state index contributed by atoms with van der Waals surface area (Å²) in [5.41, 5.74) is 0.600. The van der Waals surface area contributed by atoms with E-state index >= 15 is 0 Å². The van der Waals surface area contributed by atoms with Gasteiger partial charge in [-0.05, 0) is 24.3 Å². The minimum Gasteiger partial charge on any atom is -0.403 e. The molecule has 0 saturated heterocycles. The van der Waals surface area contributed by atoms with Crippen molar-refractivity contribution in [1.29, 1.82) is 0 Å². The summed E-state index contributed by atoms with van der Waals surface area (Å²) in [7, 11) is -3.42. The molecule has 2 heterocycles. The van der Waals surface area contributed by atoms with Crippen molar-refractivity contribution in [2.24, 2.45) is 0 Å². The SMILES string of the molecule is CS(=O)(=O)c1cccc(C(=O)Nc2nnc(-c3cc(Cl)sc3Cl)o2)c1. The third kappa shape index (κ3) is 4.01. The Morgan fingerprint density at radius 2 is 2.00 bits per heavy atom. The summed E-state index contributed by atoms with van der Waals surface area (Å²) >= 11 is 13.0. The van der Waals surface area contributed by atoms with E-state index in [4.69, 9.17) is 27.6 Å². The summed E-state index contributed by atoms with van der Waals surface area (Å²) < 4.78 is 29.3. The molecule has 7 nitrogen and oxygen atoms in total. The van der Waals surface area contributed by atoms with Crippen LogP contribution in [0.4, 0.5) is 6.01 Å². The average molecular weight is 418 g/mol. The second-order valence-electron chi connectivity index (χ2n) is 4.90. The third-order valence-corrected chi connectivity index (χ3v) is 5.65. The molecule has 130 valence electrons. The number of nitrogens with one attached hydrogen (secondary N) is 1. The molecule has 1 amide bonds. The Bertz CT molecular complexity index is 1060. The lowest BCUT2D eigenvalue weighted by Gasteiger charge is -2.03. The molecule has 11 heteroatoms. The van der Waals surface area contributed by atoms with Crippen LogP contribution in [0.15, 0.2) is 39.6 Å². The van der Waals surface area contributed by atoms with Crippen LogP contribution in [0.1, 0.15) is 10.4 Å². The molecule has 0 atom stereocenters. The average Bonchev–Trinajstić information content (AvgIpc) is 3.12. The second-order valence-corrected chi connectivity index (χ2v) is 9.21. The Morgan fingerprint density at radius 1 is 1.24 bits per heavy atom. The normalized spacial score (nSPS) is 11.5. The Balaban J connectivity index is 1.82. The van der Waals surface area contributed by atoms with Crippen LogP contribution in [0.2, 0.25) is 8.67 Å². The Hall–Kier alpha value is -1.94. The molecule has 1 aromatic carbocycles. The zero-order valence-electron chi connectivity index (χ0n) is 12.5. The van der Waals surface area contributed by atoms with Gasteiger partial charge in [-0.15, -0.1) is 16.4 Å². The molecular formula is C14H9Cl2N3O4S2. The van der Waals surface area contributed by atoms with Crippen molar-refractivity contribution < 1.29 is 17.6 Å². The summed E-state index contributed by atoms with van der Waals surface area (Å²) in [6.07, 6.45) is 1.06. The molecule has 3 rings (SSSR count). The highest BCUT2D eigenvalue weighted by Gasteiger charge is 2.18. The first-order valence-corrected chi connectivity index (χ1v) is 10.1. The van der Waals surface area contributed by atoms with Gasteiger partial charge in [0, 0.05) is 11.8 Å². The van der Waals surface area contributed by atoms with Crippen LogP contribution in [0.3, 0.4) is 0 Å². The number of rotatable bonds is 4. The van der Waals surface area contributed by atoms with Crippen molar-refractivity contribution in [3.05, 3.63) is 44.6 Å². The lowest BCUT2D eigenvalue weighted by atomic mass is 10.2. The van der Waals surface area contributed by atoms with Gasteiger partial charge in [0.15, 0.2) is 9.84 Å². The van der Waals surface area contributed by atoms with Crippen molar-refractivity contribution in [2.45, 2.75) is 4.90 Å². The van der Waals surface area contributed by atoms with Crippen LogP contribution < -0.4 is 5.32 Å². The van der Waals surface area contributed by atoms with Gasteiger partial charge >= 0.3 is 6.01 Å². The van der Waals surface area contributed by atoms with Gasteiger partial charge in [0.1, 0.15) is 4.34 Å². The molecule has 1 N–H and O–H groups in total. The van der Waals surface area contributed by atoms with Crippen LogP contribution in [0.5, 0.6) is 0 Å². The topological polar surface area (TPSA) is 102 Å². The standard InChI is InChI=1S/C14H9Cl2N3O4S2/c1-25(21,22)8-4-2-3-7(5-8)12(20)17-14-19-18-13(23-14)9-6-10(15)24-11(9)16/h2-6H,1H3,(H,17,19,20). The number of anilines is 1. The van der Waals surface area contributed by atoms with Gasteiger partial charge in [-0.3, -0.25) is 10.1 Å². The lowest BCUT2D eigenvalue weighted by molar-refractivity contribution is 0.102. The third-order valence-electron chi connectivity index (χ3n) is 3.06.